The van der Waals surface area contributed by atoms with Gasteiger partial charge >= 0.3 is 5.97 Å². The predicted octanol–water partition coefficient (Wildman–Crippen LogP) is 3.04. The number of ether oxygens (including phenoxy) is 2. The van der Waals surface area contributed by atoms with Gasteiger partial charge in [-0.25, -0.2) is 4.79 Å². The van der Waals surface area contributed by atoms with E-state index in [4.69, 9.17) is 9.47 Å². The van der Waals surface area contributed by atoms with Crippen LogP contribution in [0.5, 0.6) is 5.75 Å². The standard InChI is InChI=1S/C20H20N2O4/c1-13(19(23)22-11-14-7-9-15(25-2)10-8-14)26-20(24)17-12-21-18-6-4-3-5-16(17)18/h3-10,12-13,21H,11H2,1-2H3,(H,22,23)/t13-/m1/s1. The quantitative estimate of drug-likeness (QED) is 0.668. The predicted molar refractivity (Wildman–Crippen MR) is 98.0 cm³/mol. The number of H-pyrrole nitrogens is 1. The van der Waals surface area contributed by atoms with Crippen molar-refractivity contribution < 1.29 is 19.1 Å². The monoisotopic (exact) mass is 352 g/mol. The highest BCUT2D eigenvalue weighted by Crippen LogP contribution is 2.19. The number of aromatic amines is 1. The highest BCUT2D eigenvalue weighted by Gasteiger charge is 2.20. The number of esters is 1. The number of carbonyl (C=O) groups is 2. The zero-order chi connectivity index (χ0) is 18.5. The lowest BCUT2D eigenvalue weighted by molar-refractivity contribution is -0.129. The lowest BCUT2D eigenvalue weighted by Crippen LogP contribution is -2.35. The van der Waals surface area contributed by atoms with E-state index < -0.39 is 12.1 Å². The molecule has 0 radical (unpaired) electrons. The average molecular weight is 352 g/mol. The Bertz CT molecular complexity index is 915. The van der Waals surface area contributed by atoms with E-state index in [1.165, 1.54) is 0 Å². The van der Waals surface area contributed by atoms with E-state index in [0.29, 0.717) is 12.1 Å². The molecule has 2 aromatic carbocycles. The van der Waals surface area contributed by atoms with Crippen molar-refractivity contribution >= 4 is 22.8 Å². The van der Waals surface area contributed by atoms with Gasteiger partial charge in [0, 0.05) is 23.6 Å². The van der Waals surface area contributed by atoms with Gasteiger partial charge in [0.05, 0.1) is 12.7 Å². The highest BCUT2D eigenvalue weighted by atomic mass is 16.5. The van der Waals surface area contributed by atoms with Crippen LogP contribution in [0.1, 0.15) is 22.8 Å². The molecule has 1 heterocycles. The Morgan fingerprint density at radius 3 is 2.58 bits per heavy atom. The summed E-state index contributed by atoms with van der Waals surface area (Å²) in [5.74, 6) is -0.135. The maximum Gasteiger partial charge on any atom is 0.341 e. The first-order valence-electron chi connectivity index (χ1n) is 8.26. The minimum Gasteiger partial charge on any atom is -0.497 e. The van der Waals surface area contributed by atoms with Gasteiger partial charge in [-0.05, 0) is 30.7 Å². The van der Waals surface area contributed by atoms with E-state index in [-0.39, 0.29) is 5.91 Å². The number of nitrogens with one attached hydrogen (secondary N) is 2. The molecule has 0 spiro atoms. The summed E-state index contributed by atoms with van der Waals surface area (Å²) in [6, 6.07) is 14.8. The Kier molecular flexibility index (Phi) is 5.22. The van der Waals surface area contributed by atoms with Gasteiger partial charge in [-0.3, -0.25) is 4.79 Å². The maximum atomic E-state index is 12.3. The number of hydrogen-bond donors (Lipinski definition) is 2. The Balaban J connectivity index is 1.57. The fourth-order valence-corrected chi connectivity index (χ4v) is 2.59. The first-order valence-corrected chi connectivity index (χ1v) is 8.26. The molecule has 3 aromatic rings. The van der Waals surface area contributed by atoms with E-state index in [9.17, 15) is 9.59 Å². The minimum absolute atomic E-state index is 0.345. The lowest BCUT2D eigenvalue weighted by atomic mass is 10.2. The van der Waals surface area contributed by atoms with Gasteiger partial charge in [-0.15, -0.1) is 0 Å². The Morgan fingerprint density at radius 2 is 1.85 bits per heavy atom. The van der Waals surface area contributed by atoms with Gasteiger partial charge < -0.3 is 19.8 Å². The van der Waals surface area contributed by atoms with Gasteiger partial charge in [-0.1, -0.05) is 30.3 Å². The number of methoxy groups -OCH3 is 1. The van der Waals surface area contributed by atoms with Crippen molar-refractivity contribution in [3.05, 3.63) is 65.9 Å². The maximum absolute atomic E-state index is 12.3. The van der Waals surface area contributed by atoms with Gasteiger partial charge in [0.25, 0.3) is 5.91 Å². The summed E-state index contributed by atoms with van der Waals surface area (Å²) >= 11 is 0. The van der Waals surface area contributed by atoms with Gasteiger partial charge in [0.2, 0.25) is 0 Å². The van der Waals surface area contributed by atoms with Crippen LogP contribution in [-0.2, 0) is 16.1 Å². The van der Waals surface area contributed by atoms with Gasteiger partial charge in [0.15, 0.2) is 6.10 Å². The molecule has 6 nitrogen and oxygen atoms in total. The van der Waals surface area contributed by atoms with E-state index >= 15 is 0 Å². The molecule has 0 fully saturated rings. The molecule has 3 rings (SSSR count). The molecule has 26 heavy (non-hydrogen) atoms. The van der Waals surface area contributed by atoms with Crippen molar-refractivity contribution in [3.63, 3.8) is 0 Å². The summed E-state index contributed by atoms with van der Waals surface area (Å²) in [6.07, 6.45) is 0.698. The van der Waals surface area contributed by atoms with Crippen molar-refractivity contribution in [2.24, 2.45) is 0 Å². The summed E-state index contributed by atoms with van der Waals surface area (Å²) in [4.78, 5) is 27.5. The molecular formula is C20H20N2O4. The summed E-state index contributed by atoms with van der Waals surface area (Å²) < 4.78 is 10.4. The summed E-state index contributed by atoms with van der Waals surface area (Å²) in [6.45, 7) is 1.90. The van der Waals surface area contributed by atoms with Crippen molar-refractivity contribution in [3.8, 4) is 5.75 Å². The molecule has 0 bridgehead atoms. The Labute approximate surface area is 151 Å². The lowest BCUT2D eigenvalue weighted by Gasteiger charge is -2.13. The smallest absolute Gasteiger partial charge is 0.341 e. The van der Waals surface area contributed by atoms with Gasteiger partial charge in [0.1, 0.15) is 5.75 Å². The number of carbonyl (C=O) groups excluding carboxylic acids is 2. The van der Waals surface area contributed by atoms with Crippen LogP contribution in [0.3, 0.4) is 0 Å². The molecule has 134 valence electrons. The summed E-state index contributed by atoms with van der Waals surface area (Å²) in [7, 11) is 1.60. The molecule has 0 aliphatic rings. The highest BCUT2D eigenvalue weighted by molar-refractivity contribution is 6.04. The number of amides is 1. The zero-order valence-corrected chi connectivity index (χ0v) is 14.6. The number of benzene rings is 2. The third kappa shape index (κ3) is 3.85. The Morgan fingerprint density at radius 1 is 1.12 bits per heavy atom. The fourth-order valence-electron chi connectivity index (χ4n) is 2.59. The van der Waals surface area contributed by atoms with Crippen molar-refractivity contribution in [1.29, 1.82) is 0 Å². The third-order valence-corrected chi connectivity index (χ3v) is 4.09. The van der Waals surface area contributed by atoms with E-state index in [1.54, 1.807) is 20.2 Å². The molecule has 0 aliphatic carbocycles. The van der Waals surface area contributed by atoms with Crippen LogP contribution in [0.4, 0.5) is 0 Å². The number of hydrogen-bond acceptors (Lipinski definition) is 4. The van der Waals surface area contributed by atoms with Crippen LogP contribution in [0.2, 0.25) is 0 Å². The van der Waals surface area contributed by atoms with E-state index in [0.717, 1.165) is 22.2 Å². The molecule has 2 N–H and O–H groups in total. The van der Waals surface area contributed by atoms with Crippen molar-refractivity contribution in [1.82, 2.24) is 10.3 Å². The minimum atomic E-state index is -0.894. The second kappa shape index (κ2) is 7.74. The molecule has 1 atom stereocenters. The number of aromatic nitrogens is 1. The molecule has 1 amide bonds. The summed E-state index contributed by atoms with van der Waals surface area (Å²) in [5.41, 5.74) is 2.18. The Hall–Kier alpha value is -3.28. The largest absolute Gasteiger partial charge is 0.497 e. The molecule has 0 saturated heterocycles. The molecule has 1 aromatic heterocycles. The van der Waals surface area contributed by atoms with Crippen LogP contribution >= 0.6 is 0 Å². The molecular weight excluding hydrogens is 332 g/mol. The van der Waals surface area contributed by atoms with Crippen LogP contribution in [0, 0.1) is 0 Å². The molecule has 0 unspecified atom stereocenters. The normalized spacial score (nSPS) is 11.8. The van der Waals surface area contributed by atoms with E-state index in [2.05, 4.69) is 10.3 Å². The van der Waals surface area contributed by atoms with Crippen molar-refractivity contribution in [2.75, 3.05) is 7.11 Å². The third-order valence-electron chi connectivity index (χ3n) is 4.09. The van der Waals surface area contributed by atoms with Crippen LogP contribution in [0.15, 0.2) is 54.7 Å². The van der Waals surface area contributed by atoms with Gasteiger partial charge in [-0.2, -0.15) is 0 Å². The second-order valence-corrected chi connectivity index (χ2v) is 5.86. The molecule has 0 saturated carbocycles. The SMILES string of the molecule is COc1ccc(CNC(=O)[C@@H](C)OC(=O)c2c[nH]c3ccccc23)cc1. The first-order chi connectivity index (χ1) is 12.6. The number of fused-ring (bicyclic) bond motifs is 1. The molecule has 6 heteroatoms. The topological polar surface area (TPSA) is 80.4 Å². The summed E-state index contributed by atoms with van der Waals surface area (Å²) in [5, 5.41) is 3.53. The van der Waals surface area contributed by atoms with Crippen molar-refractivity contribution in [2.45, 2.75) is 19.6 Å². The zero-order valence-electron chi connectivity index (χ0n) is 14.6. The number of para-hydroxylation sites is 1. The second-order valence-electron chi connectivity index (χ2n) is 5.86. The average Bonchev–Trinajstić information content (AvgIpc) is 3.10. The van der Waals surface area contributed by atoms with Crippen LogP contribution in [0.25, 0.3) is 10.9 Å². The fraction of sp³-hybridized carbons (Fsp3) is 0.200. The van der Waals surface area contributed by atoms with Crippen LogP contribution in [-0.4, -0.2) is 30.1 Å². The van der Waals surface area contributed by atoms with E-state index in [1.807, 2.05) is 48.5 Å². The number of rotatable bonds is 6. The van der Waals surface area contributed by atoms with Crippen LogP contribution < -0.4 is 10.1 Å². The molecule has 0 aliphatic heterocycles. The first kappa shape index (κ1) is 17.5.